The minimum atomic E-state index is -0.238. The fraction of sp³-hybridized carbons (Fsp3) is 0.222. The van der Waals surface area contributed by atoms with Crippen LogP contribution >= 0.6 is 27.5 Å². The maximum Gasteiger partial charge on any atom is 0.173 e. The highest BCUT2D eigenvalue weighted by molar-refractivity contribution is 9.10. The third kappa shape index (κ3) is 2.09. The first-order valence-electron chi connectivity index (χ1n) is 4.59. The molecule has 2 N–H and O–H groups in total. The second-order valence-electron chi connectivity index (χ2n) is 3.34. The summed E-state index contributed by atoms with van der Waals surface area (Å²) in [4.78, 5) is 0. The molecule has 2 rings (SSSR count). The molecule has 5 nitrogen and oxygen atoms in total. The molecule has 1 atom stereocenters. The van der Waals surface area contributed by atoms with Crippen LogP contribution < -0.4 is 5.73 Å². The van der Waals surface area contributed by atoms with Crippen LogP contribution in [0.15, 0.2) is 22.7 Å². The molecule has 0 spiro atoms. The minimum absolute atomic E-state index is 0.238. The van der Waals surface area contributed by atoms with Crippen LogP contribution in [0.4, 0.5) is 0 Å². The molecule has 0 aliphatic heterocycles. The Labute approximate surface area is 106 Å². The second-order valence-corrected chi connectivity index (χ2v) is 4.60. The van der Waals surface area contributed by atoms with E-state index in [1.807, 2.05) is 19.1 Å². The molecule has 0 saturated carbocycles. The molecule has 1 aromatic carbocycles. The first-order valence-corrected chi connectivity index (χ1v) is 5.76. The van der Waals surface area contributed by atoms with Crippen LogP contribution in [-0.2, 0) is 0 Å². The van der Waals surface area contributed by atoms with Gasteiger partial charge in [0, 0.05) is 4.47 Å². The molecule has 0 fully saturated rings. The van der Waals surface area contributed by atoms with Crippen molar-refractivity contribution < 1.29 is 0 Å². The van der Waals surface area contributed by atoms with Crippen molar-refractivity contribution in [1.29, 1.82) is 0 Å². The van der Waals surface area contributed by atoms with Crippen LogP contribution in [0, 0.1) is 0 Å². The van der Waals surface area contributed by atoms with Gasteiger partial charge in [-0.25, -0.2) is 0 Å². The number of nitrogens with two attached hydrogens (primary N) is 1. The topological polar surface area (TPSA) is 69.6 Å². The Morgan fingerprint density at radius 3 is 2.88 bits per heavy atom. The molecule has 0 radical (unpaired) electrons. The van der Waals surface area contributed by atoms with Crippen molar-refractivity contribution in [3.63, 3.8) is 0 Å². The fourth-order valence-corrected chi connectivity index (χ4v) is 1.70. The van der Waals surface area contributed by atoms with Crippen LogP contribution in [0.5, 0.6) is 0 Å². The lowest BCUT2D eigenvalue weighted by molar-refractivity contribution is 0.688. The third-order valence-corrected chi connectivity index (χ3v) is 3.28. The number of hydrogen-bond donors (Lipinski definition) is 1. The lowest BCUT2D eigenvalue weighted by atomic mass is 10.3. The van der Waals surface area contributed by atoms with Gasteiger partial charge >= 0.3 is 0 Å². The van der Waals surface area contributed by atoms with Gasteiger partial charge in [0.2, 0.25) is 0 Å². The van der Waals surface area contributed by atoms with E-state index in [0.717, 1.165) is 10.2 Å². The predicted octanol–water partition coefficient (Wildman–Crippen LogP) is 2.10. The quantitative estimate of drug-likeness (QED) is 0.922. The molecular formula is C9H9BrClN5. The Kier molecular flexibility index (Phi) is 3.22. The molecular weight excluding hydrogens is 293 g/mol. The Balaban J connectivity index is 2.50. The smallest absolute Gasteiger partial charge is 0.173 e. The van der Waals surface area contributed by atoms with E-state index in [-0.39, 0.29) is 6.04 Å². The van der Waals surface area contributed by atoms with E-state index in [2.05, 4.69) is 31.5 Å². The van der Waals surface area contributed by atoms with E-state index >= 15 is 0 Å². The van der Waals surface area contributed by atoms with Crippen LogP contribution in [-0.4, -0.2) is 20.2 Å². The van der Waals surface area contributed by atoms with Crippen LogP contribution in [0.3, 0.4) is 0 Å². The Hall–Kier alpha value is -0.980. The zero-order valence-corrected chi connectivity index (χ0v) is 10.8. The van der Waals surface area contributed by atoms with Crippen LogP contribution in [0.25, 0.3) is 5.69 Å². The first-order chi connectivity index (χ1) is 7.59. The average Bonchev–Trinajstić information content (AvgIpc) is 2.71. The third-order valence-electron chi connectivity index (χ3n) is 2.05. The maximum atomic E-state index is 6.00. The lowest BCUT2D eigenvalue weighted by Crippen LogP contribution is -2.13. The van der Waals surface area contributed by atoms with Crippen molar-refractivity contribution in [3.8, 4) is 5.69 Å². The molecule has 1 heterocycles. The zero-order valence-electron chi connectivity index (χ0n) is 8.43. The standard InChI is InChI=1S/C9H9BrClN5/c1-5(12)9-13-14-15-16(9)6-2-3-7(10)8(11)4-6/h2-5H,12H2,1H3. The van der Waals surface area contributed by atoms with E-state index in [4.69, 9.17) is 17.3 Å². The molecule has 84 valence electrons. The van der Waals surface area contributed by atoms with Gasteiger partial charge in [0.25, 0.3) is 0 Å². The highest BCUT2D eigenvalue weighted by Crippen LogP contribution is 2.25. The summed E-state index contributed by atoms with van der Waals surface area (Å²) in [6, 6.07) is 5.23. The number of aromatic nitrogens is 4. The SMILES string of the molecule is CC(N)c1nnnn1-c1ccc(Br)c(Cl)c1. The molecule has 7 heteroatoms. The lowest BCUT2D eigenvalue weighted by Gasteiger charge is -2.07. The van der Waals surface area contributed by atoms with Crippen molar-refractivity contribution in [1.82, 2.24) is 20.2 Å². The van der Waals surface area contributed by atoms with Gasteiger partial charge in [-0.1, -0.05) is 11.6 Å². The van der Waals surface area contributed by atoms with Crippen LogP contribution in [0.1, 0.15) is 18.8 Å². The van der Waals surface area contributed by atoms with Crippen molar-refractivity contribution >= 4 is 27.5 Å². The van der Waals surface area contributed by atoms with Gasteiger partial charge in [-0.3, -0.25) is 0 Å². The zero-order chi connectivity index (χ0) is 11.7. The summed E-state index contributed by atoms with van der Waals surface area (Å²) in [6.45, 7) is 1.82. The molecule has 0 aliphatic rings. The normalized spacial score (nSPS) is 12.8. The number of nitrogens with zero attached hydrogens (tertiary/aromatic N) is 4. The van der Waals surface area contributed by atoms with Crippen molar-refractivity contribution in [2.75, 3.05) is 0 Å². The van der Waals surface area contributed by atoms with Gasteiger partial charge in [0.1, 0.15) is 0 Å². The Bertz CT molecular complexity index is 510. The first kappa shape index (κ1) is 11.5. The van der Waals surface area contributed by atoms with Crippen molar-refractivity contribution in [2.45, 2.75) is 13.0 Å². The van der Waals surface area contributed by atoms with E-state index in [0.29, 0.717) is 10.8 Å². The number of hydrogen-bond acceptors (Lipinski definition) is 4. The van der Waals surface area contributed by atoms with Gasteiger partial charge in [-0.2, -0.15) is 4.68 Å². The summed E-state index contributed by atoms with van der Waals surface area (Å²) >= 11 is 9.33. The second kappa shape index (κ2) is 4.48. The molecule has 0 aliphatic carbocycles. The number of tetrazole rings is 1. The highest BCUT2D eigenvalue weighted by atomic mass is 79.9. The summed E-state index contributed by atoms with van der Waals surface area (Å²) in [6.07, 6.45) is 0. The molecule has 1 aromatic heterocycles. The maximum absolute atomic E-state index is 6.00. The van der Waals surface area contributed by atoms with Gasteiger partial charge < -0.3 is 5.73 Å². The van der Waals surface area contributed by atoms with Gasteiger partial charge in [0.15, 0.2) is 5.82 Å². The predicted molar refractivity (Wildman–Crippen MR) is 64.5 cm³/mol. The van der Waals surface area contributed by atoms with E-state index in [1.54, 1.807) is 10.7 Å². The largest absolute Gasteiger partial charge is 0.321 e. The molecule has 0 bridgehead atoms. The summed E-state index contributed by atoms with van der Waals surface area (Å²) in [7, 11) is 0. The molecule has 0 amide bonds. The molecule has 0 saturated heterocycles. The Morgan fingerprint density at radius 2 is 2.25 bits per heavy atom. The monoisotopic (exact) mass is 301 g/mol. The van der Waals surface area contributed by atoms with Gasteiger partial charge in [-0.05, 0) is 51.5 Å². The van der Waals surface area contributed by atoms with E-state index in [1.165, 1.54) is 0 Å². The summed E-state index contributed by atoms with van der Waals surface area (Å²) in [5.74, 6) is 0.596. The molecule has 1 unspecified atom stereocenters. The fourth-order valence-electron chi connectivity index (χ4n) is 1.28. The molecule has 2 aromatic rings. The van der Waals surface area contributed by atoms with Gasteiger partial charge in [0.05, 0.1) is 16.8 Å². The minimum Gasteiger partial charge on any atom is -0.321 e. The average molecular weight is 303 g/mol. The van der Waals surface area contributed by atoms with Crippen molar-refractivity contribution in [3.05, 3.63) is 33.5 Å². The molecule has 16 heavy (non-hydrogen) atoms. The highest BCUT2D eigenvalue weighted by Gasteiger charge is 2.12. The van der Waals surface area contributed by atoms with Crippen LogP contribution in [0.2, 0.25) is 5.02 Å². The summed E-state index contributed by atoms with van der Waals surface area (Å²) in [5.41, 5.74) is 6.54. The van der Waals surface area contributed by atoms with Gasteiger partial charge in [-0.15, -0.1) is 5.10 Å². The summed E-state index contributed by atoms with van der Waals surface area (Å²) in [5, 5.41) is 11.9. The number of rotatable bonds is 2. The van der Waals surface area contributed by atoms with E-state index in [9.17, 15) is 0 Å². The number of halogens is 2. The number of benzene rings is 1. The Morgan fingerprint density at radius 1 is 1.50 bits per heavy atom. The summed E-state index contributed by atoms with van der Waals surface area (Å²) < 4.78 is 2.40. The van der Waals surface area contributed by atoms with E-state index < -0.39 is 0 Å². The van der Waals surface area contributed by atoms with Crippen molar-refractivity contribution in [2.24, 2.45) is 5.73 Å².